The van der Waals surface area contributed by atoms with Gasteiger partial charge in [-0.1, -0.05) is 12.1 Å². The number of nitrogens with zero attached hydrogens (tertiary/aromatic N) is 1. The number of urea groups is 1. The van der Waals surface area contributed by atoms with E-state index in [1.165, 1.54) is 6.42 Å². The Bertz CT molecular complexity index is 461. The summed E-state index contributed by atoms with van der Waals surface area (Å²) in [7, 11) is 0. The van der Waals surface area contributed by atoms with E-state index < -0.39 is 0 Å². The molecule has 0 radical (unpaired) electrons. The van der Waals surface area contributed by atoms with Gasteiger partial charge in [0.1, 0.15) is 5.76 Å². The SMILES string of the molecule is CC[C@@H](NC(=O)NCC[C@@H]1CCCCO1)c1c(C)noc1C. The van der Waals surface area contributed by atoms with Crippen LogP contribution in [0.5, 0.6) is 0 Å². The first kappa shape index (κ1) is 16.8. The molecule has 0 saturated carbocycles. The van der Waals surface area contributed by atoms with Gasteiger partial charge in [-0.15, -0.1) is 0 Å². The first-order valence-corrected chi connectivity index (χ1v) is 8.20. The van der Waals surface area contributed by atoms with Crippen molar-refractivity contribution in [1.82, 2.24) is 15.8 Å². The molecule has 22 heavy (non-hydrogen) atoms. The van der Waals surface area contributed by atoms with Gasteiger partial charge in [0.25, 0.3) is 0 Å². The van der Waals surface area contributed by atoms with Crippen LogP contribution in [-0.2, 0) is 4.74 Å². The molecule has 6 heteroatoms. The van der Waals surface area contributed by atoms with E-state index in [1.54, 1.807) is 0 Å². The molecule has 124 valence electrons. The third-order valence-corrected chi connectivity index (χ3v) is 4.18. The summed E-state index contributed by atoms with van der Waals surface area (Å²) in [6, 6.07) is -0.222. The maximum absolute atomic E-state index is 12.1. The van der Waals surface area contributed by atoms with Gasteiger partial charge in [0, 0.05) is 18.7 Å². The van der Waals surface area contributed by atoms with Crippen LogP contribution in [0.4, 0.5) is 4.79 Å². The number of ether oxygens (including phenoxy) is 1. The number of aryl methyl sites for hydroxylation is 2. The summed E-state index contributed by atoms with van der Waals surface area (Å²) >= 11 is 0. The number of carbonyl (C=O) groups is 1. The third kappa shape index (κ3) is 4.47. The van der Waals surface area contributed by atoms with Gasteiger partial charge in [0.15, 0.2) is 0 Å². The summed E-state index contributed by atoms with van der Waals surface area (Å²) in [5.74, 6) is 0.764. The van der Waals surface area contributed by atoms with Crippen molar-refractivity contribution in [3.05, 3.63) is 17.0 Å². The maximum Gasteiger partial charge on any atom is 0.315 e. The lowest BCUT2D eigenvalue weighted by atomic mass is 10.0. The van der Waals surface area contributed by atoms with E-state index >= 15 is 0 Å². The highest BCUT2D eigenvalue weighted by molar-refractivity contribution is 5.74. The van der Waals surface area contributed by atoms with Crippen LogP contribution in [0.15, 0.2) is 4.52 Å². The predicted molar refractivity (Wildman–Crippen MR) is 83.8 cm³/mol. The van der Waals surface area contributed by atoms with Gasteiger partial charge in [-0.05, 0) is 46.0 Å². The lowest BCUT2D eigenvalue weighted by Gasteiger charge is -2.23. The molecule has 2 heterocycles. The van der Waals surface area contributed by atoms with Crippen LogP contribution in [0, 0.1) is 13.8 Å². The largest absolute Gasteiger partial charge is 0.378 e. The zero-order chi connectivity index (χ0) is 15.9. The fourth-order valence-corrected chi connectivity index (χ4v) is 2.96. The van der Waals surface area contributed by atoms with Crippen molar-refractivity contribution in [2.24, 2.45) is 0 Å². The average Bonchev–Trinajstić information content (AvgIpc) is 2.85. The fraction of sp³-hybridized carbons (Fsp3) is 0.750. The summed E-state index contributed by atoms with van der Waals surface area (Å²) in [6.07, 6.45) is 5.43. The summed E-state index contributed by atoms with van der Waals surface area (Å²) < 4.78 is 10.8. The lowest BCUT2D eigenvalue weighted by Crippen LogP contribution is -2.39. The maximum atomic E-state index is 12.1. The Morgan fingerprint density at radius 2 is 2.23 bits per heavy atom. The molecule has 2 atom stereocenters. The second-order valence-electron chi connectivity index (χ2n) is 5.88. The highest BCUT2D eigenvalue weighted by Gasteiger charge is 2.21. The molecule has 2 rings (SSSR count). The Morgan fingerprint density at radius 3 is 2.82 bits per heavy atom. The molecule has 1 aliphatic rings. The molecule has 1 aromatic heterocycles. The van der Waals surface area contributed by atoms with Gasteiger partial charge in [-0.25, -0.2) is 4.79 Å². The van der Waals surface area contributed by atoms with Crippen LogP contribution in [0.1, 0.15) is 62.1 Å². The molecule has 1 aromatic rings. The molecular weight excluding hydrogens is 282 g/mol. The van der Waals surface area contributed by atoms with Crippen molar-refractivity contribution < 1.29 is 14.1 Å². The molecule has 1 fully saturated rings. The molecule has 0 unspecified atom stereocenters. The van der Waals surface area contributed by atoms with Crippen LogP contribution >= 0.6 is 0 Å². The number of carbonyl (C=O) groups excluding carboxylic acids is 1. The smallest absolute Gasteiger partial charge is 0.315 e. The van der Waals surface area contributed by atoms with Crippen LogP contribution < -0.4 is 10.6 Å². The molecule has 2 amide bonds. The van der Waals surface area contributed by atoms with E-state index in [-0.39, 0.29) is 12.1 Å². The molecule has 0 spiro atoms. The molecular formula is C16H27N3O3. The van der Waals surface area contributed by atoms with Crippen molar-refractivity contribution in [3.8, 4) is 0 Å². The Hall–Kier alpha value is -1.56. The minimum atomic E-state index is -0.150. The zero-order valence-corrected chi connectivity index (χ0v) is 13.8. The van der Waals surface area contributed by atoms with Crippen LogP contribution in [-0.4, -0.2) is 30.4 Å². The van der Waals surface area contributed by atoms with Crippen LogP contribution in [0.25, 0.3) is 0 Å². The molecule has 1 aliphatic heterocycles. The second-order valence-corrected chi connectivity index (χ2v) is 5.88. The van der Waals surface area contributed by atoms with E-state index in [9.17, 15) is 4.79 Å². The Balaban J connectivity index is 1.77. The molecule has 0 aromatic carbocycles. The second kappa shape index (κ2) is 8.17. The number of amides is 2. The Labute approximate surface area is 132 Å². The quantitative estimate of drug-likeness (QED) is 0.847. The minimum absolute atomic E-state index is 0.0721. The minimum Gasteiger partial charge on any atom is -0.378 e. The van der Waals surface area contributed by atoms with E-state index in [1.807, 2.05) is 20.8 Å². The number of nitrogens with one attached hydrogen (secondary N) is 2. The average molecular weight is 309 g/mol. The molecule has 1 saturated heterocycles. The Morgan fingerprint density at radius 1 is 1.41 bits per heavy atom. The van der Waals surface area contributed by atoms with Gasteiger partial charge in [-0.3, -0.25) is 0 Å². The highest BCUT2D eigenvalue weighted by atomic mass is 16.5. The number of hydrogen-bond donors (Lipinski definition) is 2. The predicted octanol–water partition coefficient (Wildman–Crippen LogP) is 3.00. The number of hydrogen-bond acceptors (Lipinski definition) is 4. The lowest BCUT2D eigenvalue weighted by molar-refractivity contribution is 0.0120. The van der Waals surface area contributed by atoms with Crippen molar-refractivity contribution >= 4 is 6.03 Å². The summed E-state index contributed by atoms with van der Waals surface area (Å²) in [5, 5.41) is 9.86. The van der Waals surface area contributed by atoms with Gasteiger partial charge >= 0.3 is 6.03 Å². The Kier molecular flexibility index (Phi) is 6.24. The van der Waals surface area contributed by atoms with E-state index in [0.717, 1.165) is 49.3 Å². The summed E-state index contributed by atoms with van der Waals surface area (Å²) in [4.78, 5) is 12.1. The van der Waals surface area contributed by atoms with Crippen molar-refractivity contribution in [3.63, 3.8) is 0 Å². The zero-order valence-electron chi connectivity index (χ0n) is 13.8. The molecule has 0 bridgehead atoms. The van der Waals surface area contributed by atoms with E-state index in [4.69, 9.17) is 9.26 Å². The summed E-state index contributed by atoms with van der Waals surface area (Å²) in [5.41, 5.74) is 1.81. The van der Waals surface area contributed by atoms with Crippen molar-refractivity contribution in [1.29, 1.82) is 0 Å². The summed E-state index contributed by atoms with van der Waals surface area (Å²) in [6.45, 7) is 7.29. The monoisotopic (exact) mass is 309 g/mol. The normalized spacial score (nSPS) is 19.7. The molecule has 6 nitrogen and oxygen atoms in total. The van der Waals surface area contributed by atoms with Crippen LogP contribution in [0.2, 0.25) is 0 Å². The third-order valence-electron chi connectivity index (χ3n) is 4.18. The molecule has 2 N–H and O–H groups in total. The number of aromatic nitrogens is 1. The number of rotatable bonds is 6. The molecule has 0 aliphatic carbocycles. The topological polar surface area (TPSA) is 76.4 Å². The van der Waals surface area contributed by atoms with Crippen LogP contribution in [0.3, 0.4) is 0 Å². The van der Waals surface area contributed by atoms with Gasteiger partial charge in [0.05, 0.1) is 17.8 Å². The van der Waals surface area contributed by atoms with Crippen molar-refractivity contribution in [2.75, 3.05) is 13.2 Å². The van der Waals surface area contributed by atoms with E-state index in [2.05, 4.69) is 15.8 Å². The fourth-order valence-electron chi connectivity index (χ4n) is 2.96. The van der Waals surface area contributed by atoms with Crippen molar-refractivity contribution in [2.45, 2.75) is 65.0 Å². The highest BCUT2D eigenvalue weighted by Crippen LogP contribution is 2.23. The standard InChI is InChI=1S/C16H27N3O3/c1-4-14(15-11(2)19-22-12(15)3)18-16(20)17-9-8-13-7-5-6-10-21-13/h13-14H,4-10H2,1-3H3,(H2,17,18,20)/t13-,14+/m0/s1. The van der Waals surface area contributed by atoms with Gasteiger partial charge < -0.3 is 19.9 Å². The van der Waals surface area contributed by atoms with E-state index in [0.29, 0.717) is 12.6 Å². The van der Waals surface area contributed by atoms with Gasteiger partial charge in [0.2, 0.25) is 0 Å². The van der Waals surface area contributed by atoms with Gasteiger partial charge in [-0.2, -0.15) is 0 Å². The first-order chi connectivity index (χ1) is 10.6. The first-order valence-electron chi connectivity index (χ1n) is 8.20.